The summed E-state index contributed by atoms with van der Waals surface area (Å²) in [5.41, 5.74) is 5.65. The molecule has 0 unspecified atom stereocenters. The molecule has 1 aliphatic rings. The molecule has 3 heteroatoms. The van der Waals surface area contributed by atoms with E-state index in [9.17, 15) is 5.11 Å². The van der Waals surface area contributed by atoms with E-state index in [-0.39, 0.29) is 5.75 Å². The zero-order chi connectivity index (χ0) is 17.9. The van der Waals surface area contributed by atoms with Crippen LogP contribution in [0.25, 0.3) is 11.1 Å². The Kier molecular flexibility index (Phi) is 4.36. The fraction of sp³-hybridized carbons (Fsp3) is 0.130. The molecule has 0 spiro atoms. The number of hydrogen-bond donors (Lipinski definition) is 1. The van der Waals surface area contributed by atoms with E-state index in [1.54, 1.807) is 19.2 Å². The van der Waals surface area contributed by atoms with Crippen LogP contribution >= 0.6 is 0 Å². The summed E-state index contributed by atoms with van der Waals surface area (Å²) in [6.07, 6.45) is 0.803. The average Bonchev–Trinajstić information content (AvgIpc) is 2.88. The third kappa shape index (κ3) is 3.04. The Morgan fingerprint density at radius 2 is 1.54 bits per heavy atom. The number of hydrogen-bond acceptors (Lipinski definition) is 3. The first-order valence-corrected chi connectivity index (χ1v) is 8.65. The molecule has 0 saturated carbocycles. The van der Waals surface area contributed by atoms with Gasteiger partial charge < -0.3 is 14.6 Å². The highest BCUT2D eigenvalue weighted by atomic mass is 16.5. The summed E-state index contributed by atoms with van der Waals surface area (Å²) in [4.78, 5) is 0. The average molecular weight is 344 g/mol. The normalized spacial score (nSPS) is 13.6. The molecule has 0 saturated heterocycles. The minimum Gasteiger partial charge on any atom is -0.508 e. The number of rotatable bonds is 3. The summed E-state index contributed by atoms with van der Waals surface area (Å²) < 4.78 is 11.3. The zero-order valence-electron chi connectivity index (χ0n) is 14.6. The standard InChI is InChI=1S/C23H20O3/c1-25-19-12-8-16(9-13-19)20-14-15-26-22-5-3-2-4-21(22)23(20)17-6-10-18(24)11-7-17/h2-13,24H,14-15H2,1H3. The highest BCUT2D eigenvalue weighted by Crippen LogP contribution is 2.41. The van der Waals surface area contributed by atoms with Crippen molar-refractivity contribution in [3.63, 3.8) is 0 Å². The van der Waals surface area contributed by atoms with E-state index in [0.29, 0.717) is 6.61 Å². The fourth-order valence-corrected chi connectivity index (χ4v) is 3.39. The van der Waals surface area contributed by atoms with Crippen LogP contribution in [0.1, 0.15) is 23.1 Å². The van der Waals surface area contributed by atoms with Crippen LogP contribution in [-0.2, 0) is 0 Å². The van der Waals surface area contributed by atoms with E-state index in [2.05, 4.69) is 18.2 Å². The van der Waals surface area contributed by atoms with Gasteiger partial charge in [-0.2, -0.15) is 0 Å². The number of aromatic hydroxyl groups is 1. The van der Waals surface area contributed by atoms with Gasteiger partial charge in [-0.05, 0) is 52.6 Å². The topological polar surface area (TPSA) is 38.7 Å². The second-order valence-corrected chi connectivity index (χ2v) is 6.22. The number of fused-ring (bicyclic) bond motifs is 1. The predicted octanol–water partition coefficient (Wildman–Crippen LogP) is 5.14. The molecule has 130 valence electrons. The Labute approximate surface area is 153 Å². The van der Waals surface area contributed by atoms with E-state index >= 15 is 0 Å². The van der Waals surface area contributed by atoms with Gasteiger partial charge in [-0.3, -0.25) is 0 Å². The molecule has 3 aromatic rings. The molecule has 26 heavy (non-hydrogen) atoms. The molecule has 3 nitrogen and oxygen atoms in total. The van der Waals surface area contributed by atoms with Gasteiger partial charge in [0.2, 0.25) is 0 Å². The Morgan fingerprint density at radius 3 is 2.27 bits per heavy atom. The van der Waals surface area contributed by atoms with Crippen LogP contribution in [0.2, 0.25) is 0 Å². The van der Waals surface area contributed by atoms with Crippen LogP contribution < -0.4 is 9.47 Å². The minimum absolute atomic E-state index is 0.263. The molecule has 0 amide bonds. The van der Waals surface area contributed by atoms with Crippen molar-refractivity contribution in [2.24, 2.45) is 0 Å². The SMILES string of the molecule is COc1ccc(C2=C(c3ccc(O)cc3)c3ccccc3OCC2)cc1. The summed E-state index contributed by atoms with van der Waals surface area (Å²) >= 11 is 0. The summed E-state index contributed by atoms with van der Waals surface area (Å²) in [5, 5.41) is 9.69. The monoisotopic (exact) mass is 344 g/mol. The van der Waals surface area contributed by atoms with Crippen molar-refractivity contribution in [2.75, 3.05) is 13.7 Å². The van der Waals surface area contributed by atoms with E-state index in [4.69, 9.17) is 9.47 Å². The number of methoxy groups -OCH3 is 1. The molecule has 0 fully saturated rings. The second kappa shape index (κ2) is 6.96. The maximum absolute atomic E-state index is 9.69. The molecule has 4 rings (SSSR count). The second-order valence-electron chi connectivity index (χ2n) is 6.22. The van der Waals surface area contributed by atoms with E-state index < -0.39 is 0 Å². The van der Waals surface area contributed by atoms with Gasteiger partial charge in [0.25, 0.3) is 0 Å². The smallest absolute Gasteiger partial charge is 0.127 e. The lowest BCUT2D eigenvalue weighted by Gasteiger charge is -2.15. The van der Waals surface area contributed by atoms with Gasteiger partial charge in [0, 0.05) is 12.0 Å². The third-order valence-electron chi connectivity index (χ3n) is 4.66. The van der Waals surface area contributed by atoms with Crippen molar-refractivity contribution < 1.29 is 14.6 Å². The molecule has 0 atom stereocenters. The summed E-state index contributed by atoms with van der Waals surface area (Å²) in [6.45, 7) is 0.625. The molecule has 0 radical (unpaired) electrons. The predicted molar refractivity (Wildman–Crippen MR) is 104 cm³/mol. The number of ether oxygens (including phenoxy) is 2. The van der Waals surface area contributed by atoms with Gasteiger partial charge >= 0.3 is 0 Å². The number of benzene rings is 3. The largest absolute Gasteiger partial charge is 0.508 e. The van der Waals surface area contributed by atoms with Crippen LogP contribution in [0, 0.1) is 0 Å². The molecule has 1 aliphatic heterocycles. The number of phenols is 1. The lowest BCUT2D eigenvalue weighted by atomic mass is 9.88. The van der Waals surface area contributed by atoms with Crippen LogP contribution in [0.4, 0.5) is 0 Å². The molecule has 0 aliphatic carbocycles. The fourth-order valence-electron chi connectivity index (χ4n) is 3.39. The van der Waals surface area contributed by atoms with Crippen molar-refractivity contribution >= 4 is 11.1 Å². The molecular weight excluding hydrogens is 324 g/mol. The van der Waals surface area contributed by atoms with Crippen molar-refractivity contribution in [3.8, 4) is 17.2 Å². The maximum Gasteiger partial charge on any atom is 0.127 e. The third-order valence-corrected chi connectivity index (χ3v) is 4.66. The van der Waals surface area contributed by atoms with Gasteiger partial charge in [-0.1, -0.05) is 42.5 Å². The van der Waals surface area contributed by atoms with Crippen molar-refractivity contribution in [2.45, 2.75) is 6.42 Å². The van der Waals surface area contributed by atoms with Gasteiger partial charge in [0.05, 0.1) is 13.7 Å². The van der Waals surface area contributed by atoms with Crippen LogP contribution in [0.15, 0.2) is 72.8 Å². The summed E-state index contributed by atoms with van der Waals surface area (Å²) in [5.74, 6) is 1.99. The van der Waals surface area contributed by atoms with Gasteiger partial charge in [-0.15, -0.1) is 0 Å². The number of para-hydroxylation sites is 1. The Balaban J connectivity index is 1.96. The van der Waals surface area contributed by atoms with Gasteiger partial charge in [0.1, 0.15) is 17.2 Å². The summed E-state index contributed by atoms with van der Waals surface area (Å²) in [7, 11) is 1.67. The molecule has 0 aromatic heterocycles. The van der Waals surface area contributed by atoms with Crippen molar-refractivity contribution in [1.29, 1.82) is 0 Å². The Morgan fingerprint density at radius 1 is 0.846 bits per heavy atom. The molecule has 3 aromatic carbocycles. The summed E-state index contributed by atoms with van der Waals surface area (Å²) in [6, 6.07) is 23.6. The van der Waals surface area contributed by atoms with E-state index in [1.165, 1.54) is 5.57 Å². The Bertz CT molecular complexity index is 938. The maximum atomic E-state index is 9.69. The quantitative estimate of drug-likeness (QED) is 0.715. The Hall–Kier alpha value is -3.20. The first-order valence-electron chi connectivity index (χ1n) is 8.65. The minimum atomic E-state index is 0.263. The van der Waals surface area contributed by atoms with Crippen LogP contribution in [-0.4, -0.2) is 18.8 Å². The molecular formula is C23H20O3. The van der Waals surface area contributed by atoms with Crippen molar-refractivity contribution in [3.05, 3.63) is 89.5 Å². The highest BCUT2D eigenvalue weighted by molar-refractivity contribution is 6.00. The first-order chi connectivity index (χ1) is 12.8. The molecule has 1 N–H and O–H groups in total. The lowest BCUT2D eigenvalue weighted by Crippen LogP contribution is -1.97. The van der Waals surface area contributed by atoms with Crippen LogP contribution in [0.3, 0.4) is 0 Å². The highest BCUT2D eigenvalue weighted by Gasteiger charge is 2.20. The van der Waals surface area contributed by atoms with Gasteiger partial charge in [0.15, 0.2) is 0 Å². The van der Waals surface area contributed by atoms with Gasteiger partial charge in [-0.25, -0.2) is 0 Å². The molecule has 1 heterocycles. The zero-order valence-corrected chi connectivity index (χ0v) is 14.6. The number of phenolic OH excluding ortho intramolecular Hbond substituents is 1. The van der Waals surface area contributed by atoms with E-state index in [1.807, 2.05) is 42.5 Å². The first kappa shape index (κ1) is 16.3. The van der Waals surface area contributed by atoms with Crippen LogP contribution in [0.5, 0.6) is 17.2 Å². The van der Waals surface area contributed by atoms with E-state index in [0.717, 1.165) is 40.2 Å². The molecule has 0 bridgehead atoms. The lowest BCUT2D eigenvalue weighted by molar-refractivity contribution is 0.328. The van der Waals surface area contributed by atoms with Crippen molar-refractivity contribution in [1.82, 2.24) is 0 Å².